The van der Waals surface area contributed by atoms with E-state index < -0.39 is 0 Å². The maximum Gasteiger partial charge on any atom is -0.0417 e. The lowest BCUT2D eigenvalue weighted by Gasteiger charge is -2.22. The SMILES string of the molecule is CCCCCCCCCCCCC(C)CCC(C)C(C)CCCC(C)CCCCCCC. The van der Waals surface area contributed by atoms with Crippen LogP contribution >= 0.6 is 0 Å². The van der Waals surface area contributed by atoms with Crippen molar-refractivity contribution in [1.82, 2.24) is 0 Å². The lowest BCUT2D eigenvalue weighted by atomic mass is 9.84. The van der Waals surface area contributed by atoms with Gasteiger partial charge in [-0.05, 0) is 23.7 Å². The molecule has 4 atom stereocenters. The first-order valence-corrected chi connectivity index (χ1v) is 15.5. The van der Waals surface area contributed by atoms with Crippen molar-refractivity contribution >= 4 is 0 Å². The summed E-state index contributed by atoms with van der Waals surface area (Å²) in [5.41, 5.74) is 0. The summed E-state index contributed by atoms with van der Waals surface area (Å²) in [7, 11) is 0. The van der Waals surface area contributed by atoms with E-state index in [1.807, 2.05) is 0 Å². The molecule has 0 spiro atoms. The van der Waals surface area contributed by atoms with Gasteiger partial charge in [0.15, 0.2) is 0 Å². The van der Waals surface area contributed by atoms with Gasteiger partial charge < -0.3 is 0 Å². The van der Waals surface area contributed by atoms with Crippen molar-refractivity contribution in [2.24, 2.45) is 23.7 Å². The summed E-state index contributed by atoms with van der Waals surface area (Å²) in [6.07, 6.45) is 32.0. The normalized spacial score (nSPS) is 15.6. The molecule has 0 amide bonds. The molecule has 0 aliphatic heterocycles. The number of hydrogen-bond acceptors (Lipinski definition) is 0. The summed E-state index contributed by atoms with van der Waals surface area (Å²) in [6.45, 7) is 14.7. The highest BCUT2D eigenvalue weighted by atomic mass is 14.2. The van der Waals surface area contributed by atoms with Crippen molar-refractivity contribution < 1.29 is 0 Å². The van der Waals surface area contributed by atoms with Gasteiger partial charge in [0.2, 0.25) is 0 Å². The molecule has 0 aromatic carbocycles. The lowest BCUT2D eigenvalue weighted by molar-refractivity contribution is 0.295. The van der Waals surface area contributed by atoms with Crippen LogP contribution in [0.5, 0.6) is 0 Å². The van der Waals surface area contributed by atoms with Gasteiger partial charge in [0.05, 0.1) is 0 Å². The largest absolute Gasteiger partial charge is 0.0654 e. The van der Waals surface area contributed by atoms with Crippen LogP contribution in [0.1, 0.15) is 183 Å². The van der Waals surface area contributed by atoms with E-state index in [4.69, 9.17) is 0 Å². The highest BCUT2D eigenvalue weighted by molar-refractivity contribution is 4.66. The van der Waals surface area contributed by atoms with Gasteiger partial charge in [0.1, 0.15) is 0 Å². The van der Waals surface area contributed by atoms with Gasteiger partial charge in [0, 0.05) is 0 Å². The lowest BCUT2D eigenvalue weighted by Crippen LogP contribution is -2.10. The Balaban J connectivity index is 3.56. The first kappa shape index (κ1) is 32.0. The van der Waals surface area contributed by atoms with Gasteiger partial charge in [-0.15, -0.1) is 0 Å². The van der Waals surface area contributed by atoms with E-state index >= 15 is 0 Å². The third kappa shape index (κ3) is 21.8. The Morgan fingerprint density at radius 1 is 0.312 bits per heavy atom. The topological polar surface area (TPSA) is 0 Å². The maximum absolute atomic E-state index is 2.52. The maximum atomic E-state index is 2.52. The average Bonchev–Trinajstić information content (AvgIpc) is 2.78. The van der Waals surface area contributed by atoms with Crippen LogP contribution in [0, 0.1) is 23.7 Å². The van der Waals surface area contributed by atoms with Crippen molar-refractivity contribution in [1.29, 1.82) is 0 Å². The fourth-order valence-electron chi connectivity index (χ4n) is 5.27. The monoisotopic (exact) mass is 451 g/mol. The van der Waals surface area contributed by atoms with Crippen LogP contribution in [0.4, 0.5) is 0 Å². The molecule has 0 radical (unpaired) electrons. The quantitative estimate of drug-likeness (QED) is 0.121. The highest BCUT2D eigenvalue weighted by Crippen LogP contribution is 2.27. The van der Waals surface area contributed by atoms with E-state index in [2.05, 4.69) is 41.5 Å². The molecule has 0 heteroatoms. The minimum Gasteiger partial charge on any atom is -0.0654 e. The second kappa shape index (κ2) is 24.1. The second-order valence-electron chi connectivity index (χ2n) is 11.8. The molecule has 0 saturated carbocycles. The summed E-state index contributed by atoms with van der Waals surface area (Å²) >= 11 is 0. The Hall–Kier alpha value is 0. The molecule has 194 valence electrons. The first-order chi connectivity index (χ1) is 15.5. The van der Waals surface area contributed by atoms with E-state index in [9.17, 15) is 0 Å². The first-order valence-electron chi connectivity index (χ1n) is 15.5. The predicted molar refractivity (Wildman–Crippen MR) is 150 cm³/mol. The van der Waals surface area contributed by atoms with E-state index in [0.29, 0.717) is 0 Å². The summed E-state index contributed by atoms with van der Waals surface area (Å²) in [5, 5.41) is 0. The van der Waals surface area contributed by atoms with Gasteiger partial charge >= 0.3 is 0 Å². The highest BCUT2D eigenvalue weighted by Gasteiger charge is 2.14. The van der Waals surface area contributed by atoms with Crippen molar-refractivity contribution in [3.8, 4) is 0 Å². The van der Waals surface area contributed by atoms with Crippen molar-refractivity contribution in [2.75, 3.05) is 0 Å². The minimum atomic E-state index is 0.912. The molecular formula is C32H66. The van der Waals surface area contributed by atoms with Crippen molar-refractivity contribution in [3.63, 3.8) is 0 Å². The smallest absolute Gasteiger partial charge is 0.0417 e. The molecule has 0 saturated heterocycles. The molecule has 0 aliphatic rings. The molecule has 32 heavy (non-hydrogen) atoms. The molecule has 0 fully saturated rings. The van der Waals surface area contributed by atoms with Crippen molar-refractivity contribution in [2.45, 2.75) is 183 Å². The van der Waals surface area contributed by atoms with Gasteiger partial charge in [-0.2, -0.15) is 0 Å². The van der Waals surface area contributed by atoms with E-state index in [1.165, 1.54) is 141 Å². The molecule has 0 N–H and O–H groups in total. The molecule has 0 aromatic heterocycles. The van der Waals surface area contributed by atoms with Gasteiger partial charge in [-0.1, -0.05) is 183 Å². The summed E-state index contributed by atoms with van der Waals surface area (Å²) in [4.78, 5) is 0. The third-order valence-electron chi connectivity index (χ3n) is 8.29. The average molecular weight is 451 g/mol. The van der Waals surface area contributed by atoms with Crippen LogP contribution in [-0.4, -0.2) is 0 Å². The molecule has 4 unspecified atom stereocenters. The van der Waals surface area contributed by atoms with Crippen LogP contribution in [0.15, 0.2) is 0 Å². The second-order valence-corrected chi connectivity index (χ2v) is 11.8. The molecule has 0 aliphatic carbocycles. The fourth-order valence-corrected chi connectivity index (χ4v) is 5.27. The number of unbranched alkanes of at least 4 members (excludes halogenated alkanes) is 13. The number of hydrogen-bond donors (Lipinski definition) is 0. The zero-order valence-electron chi connectivity index (χ0n) is 23.9. The molecule has 0 heterocycles. The van der Waals surface area contributed by atoms with Crippen LogP contribution in [-0.2, 0) is 0 Å². The third-order valence-corrected chi connectivity index (χ3v) is 8.29. The fraction of sp³-hybridized carbons (Fsp3) is 1.00. The standard InChI is InChI=1S/C32H66/c1-7-9-11-13-14-15-16-17-19-21-24-30(4)27-28-32(6)31(5)26-22-25-29(3)23-20-18-12-10-8-2/h29-32H,7-28H2,1-6H3. The Morgan fingerprint density at radius 2 is 0.656 bits per heavy atom. The minimum absolute atomic E-state index is 0.912. The molecule has 0 bridgehead atoms. The van der Waals surface area contributed by atoms with Crippen LogP contribution in [0.25, 0.3) is 0 Å². The summed E-state index contributed by atoms with van der Waals surface area (Å²) in [5.74, 6) is 3.71. The predicted octanol–water partition coefficient (Wildman–Crippen LogP) is 12.2. The van der Waals surface area contributed by atoms with Crippen LogP contribution in [0.2, 0.25) is 0 Å². The number of rotatable bonds is 25. The van der Waals surface area contributed by atoms with Gasteiger partial charge in [-0.25, -0.2) is 0 Å². The molecular weight excluding hydrogens is 384 g/mol. The Labute approximate surface area is 206 Å². The zero-order valence-corrected chi connectivity index (χ0v) is 23.9. The van der Waals surface area contributed by atoms with Crippen molar-refractivity contribution in [3.05, 3.63) is 0 Å². The molecule has 0 aromatic rings. The van der Waals surface area contributed by atoms with Crippen LogP contribution in [0.3, 0.4) is 0 Å². The zero-order chi connectivity index (χ0) is 23.9. The molecule has 0 rings (SSSR count). The van der Waals surface area contributed by atoms with Gasteiger partial charge in [0.25, 0.3) is 0 Å². The Morgan fingerprint density at radius 3 is 1.12 bits per heavy atom. The van der Waals surface area contributed by atoms with E-state index in [0.717, 1.165) is 23.7 Å². The Kier molecular flexibility index (Phi) is 24.1. The Bertz CT molecular complexity index is 346. The van der Waals surface area contributed by atoms with Crippen LogP contribution < -0.4 is 0 Å². The van der Waals surface area contributed by atoms with Gasteiger partial charge in [-0.3, -0.25) is 0 Å². The van der Waals surface area contributed by atoms with E-state index in [-0.39, 0.29) is 0 Å². The molecule has 0 nitrogen and oxygen atoms in total. The van der Waals surface area contributed by atoms with E-state index in [1.54, 1.807) is 0 Å². The summed E-state index contributed by atoms with van der Waals surface area (Å²) < 4.78 is 0. The summed E-state index contributed by atoms with van der Waals surface area (Å²) in [6, 6.07) is 0.